The SMILES string of the molecule is CC(C)(C)OC(=O)N1C(=O)O[C@@H]2[C@@H]3OC(C)(C)OC[C@H]3O[C@@H](O[C@@H]3C=CO[C@@H]4COC(C)(C)O[C@@H]34)[C@@H]21. The van der Waals surface area contributed by atoms with Gasteiger partial charge < -0.3 is 42.6 Å². The molecule has 4 saturated heterocycles. The topological polar surface area (TPSA) is 120 Å². The van der Waals surface area contributed by atoms with Crippen LogP contribution in [-0.4, -0.2) is 96.4 Å². The fourth-order valence-corrected chi connectivity index (χ4v) is 4.95. The molecule has 0 aromatic heterocycles. The minimum Gasteiger partial charge on any atom is -0.493 e. The Bertz CT molecular complexity index is 912. The summed E-state index contributed by atoms with van der Waals surface area (Å²) in [5.41, 5.74) is -0.834. The molecule has 0 aromatic carbocycles. The largest absolute Gasteiger partial charge is 0.493 e. The maximum absolute atomic E-state index is 13.1. The van der Waals surface area contributed by atoms with Gasteiger partial charge in [-0.2, -0.15) is 4.90 Å². The van der Waals surface area contributed by atoms with Crippen LogP contribution in [0.15, 0.2) is 12.3 Å². The fraction of sp³-hybridized carbons (Fsp3) is 0.833. The Hall–Kier alpha value is -1.96. The molecule has 2 amide bonds. The highest BCUT2D eigenvalue weighted by Crippen LogP contribution is 2.41. The van der Waals surface area contributed by atoms with Crippen molar-refractivity contribution in [1.29, 1.82) is 0 Å². The van der Waals surface area contributed by atoms with E-state index in [0.29, 0.717) is 6.61 Å². The lowest BCUT2D eigenvalue weighted by atomic mass is 9.95. The number of carbonyl (C=O) groups is 2. The molecule has 202 valence electrons. The van der Waals surface area contributed by atoms with Crippen LogP contribution in [0.5, 0.6) is 0 Å². The number of nitrogens with zero attached hydrogens (tertiary/aromatic N) is 1. The second-order valence-electron chi connectivity index (χ2n) is 11.4. The third-order valence-electron chi connectivity index (χ3n) is 6.47. The predicted molar refractivity (Wildman–Crippen MR) is 119 cm³/mol. The number of fused-ring (bicyclic) bond motifs is 4. The monoisotopic (exact) mass is 513 g/mol. The maximum Gasteiger partial charge on any atom is 0.420 e. The molecule has 12 heteroatoms. The van der Waals surface area contributed by atoms with Crippen molar-refractivity contribution in [1.82, 2.24) is 4.90 Å². The summed E-state index contributed by atoms with van der Waals surface area (Å²) in [6, 6.07) is -0.968. The van der Waals surface area contributed by atoms with Crippen molar-refractivity contribution in [2.75, 3.05) is 13.2 Å². The summed E-state index contributed by atoms with van der Waals surface area (Å²) in [4.78, 5) is 27.0. The molecule has 0 bridgehead atoms. The first-order chi connectivity index (χ1) is 16.7. The summed E-state index contributed by atoms with van der Waals surface area (Å²) in [7, 11) is 0. The summed E-state index contributed by atoms with van der Waals surface area (Å²) >= 11 is 0. The molecule has 0 aromatic rings. The van der Waals surface area contributed by atoms with Crippen LogP contribution in [0.2, 0.25) is 0 Å². The van der Waals surface area contributed by atoms with Crippen molar-refractivity contribution >= 4 is 12.2 Å². The molecule has 0 spiro atoms. The van der Waals surface area contributed by atoms with E-state index in [2.05, 4.69) is 0 Å². The van der Waals surface area contributed by atoms with Gasteiger partial charge in [-0.05, 0) is 54.5 Å². The second kappa shape index (κ2) is 8.81. The van der Waals surface area contributed by atoms with E-state index in [1.54, 1.807) is 40.7 Å². The standard InChI is InChI=1S/C24H35NO11/c1-22(2,3)36-21(27)25-15-18(33-20(25)26)17-14(11-30-24(6,7)35-17)32-19(15)31-12-8-9-28-13-10-29-23(4,5)34-16(12)13/h8-9,12-19H,10-11H2,1-7H3/t12-,13-,14-,15-,16+,17-,18+,19-/m1/s1. The summed E-state index contributed by atoms with van der Waals surface area (Å²) in [6.07, 6.45) is -3.21. The molecule has 0 aliphatic carbocycles. The number of carbonyl (C=O) groups excluding carboxylic acids is 2. The van der Waals surface area contributed by atoms with Gasteiger partial charge in [-0.15, -0.1) is 0 Å². The summed E-state index contributed by atoms with van der Waals surface area (Å²) in [5.74, 6) is -1.77. The molecular formula is C24H35NO11. The summed E-state index contributed by atoms with van der Waals surface area (Å²) in [5, 5.41) is 0. The van der Waals surface area contributed by atoms with E-state index < -0.39 is 78.3 Å². The normalized spacial score (nSPS) is 40.9. The lowest BCUT2D eigenvalue weighted by Gasteiger charge is -2.50. The molecule has 4 fully saturated rings. The number of imide groups is 1. The van der Waals surface area contributed by atoms with Gasteiger partial charge in [-0.25, -0.2) is 9.59 Å². The van der Waals surface area contributed by atoms with Gasteiger partial charge >= 0.3 is 12.2 Å². The van der Waals surface area contributed by atoms with Crippen LogP contribution in [0.4, 0.5) is 9.59 Å². The average molecular weight is 514 g/mol. The predicted octanol–water partition coefficient (Wildman–Crippen LogP) is 2.44. The molecule has 5 heterocycles. The average Bonchev–Trinajstić information content (AvgIpc) is 3.10. The van der Waals surface area contributed by atoms with Gasteiger partial charge in [0.05, 0.1) is 19.5 Å². The first-order valence-corrected chi connectivity index (χ1v) is 12.2. The van der Waals surface area contributed by atoms with Crippen molar-refractivity contribution in [2.24, 2.45) is 0 Å². The lowest BCUT2D eigenvalue weighted by Crippen LogP contribution is -2.67. The quantitative estimate of drug-likeness (QED) is 0.541. The summed E-state index contributed by atoms with van der Waals surface area (Å²) < 4.78 is 53.2. The second-order valence-corrected chi connectivity index (χ2v) is 11.4. The van der Waals surface area contributed by atoms with Gasteiger partial charge in [0, 0.05) is 0 Å². The maximum atomic E-state index is 13.1. The first-order valence-electron chi connectivity index (χ1n) is 12.2. The molecular weight excluding hydrogens is 478 g/mol. The zero-order valence-corrected chi connectivity index (χ0v) is 21.6. The highest BCUT2D eigenvalue weighted by Gasteiger charge is 2.62. The highest BCUT2D eigenvalue weighted by molar-refractivity contribution is 5.90. The van der Waals surface area contributed by atoms with E-state index in [4.69, 9.17) is 42.6 Å². The highest BCUT2D eigenvalue weighted by atomic mass is 16.8. The lowest BCUT2D eigenvalue weighted by molar-refractivity contribution is -0.377. The van der Waals surface area contributed by atoms with Gasteiger partial charge in [0.2, 0.25) is 0 Å². The van der Waals surface area contributed by atoms with Crippen LogP contribution in [0.3, 0.4) is 0 Å². The number of rotatable bonds is 2. The van der Waals surface area contributed by atoms with Gasteiger partial charge in [-0.1, -0.05) is 0 Å². The Balaban J connectivity index is 1.44. The van der Waals surface area contributed by atoms with Crippen molar-refractivity contribution in [2.45, 2.75) is 115 Å². The number of ether oxygens (including phenoxy) is 9. The number of amides is 2. The van der Waals surface area contributed by atoms with E-state index in [-0.39, 0.29) is 6.61 Å². The molecule has 12 nitrogen and oxygen atoms in total. The summed E-state index contributed by atoms with van der Waals surface area (Å²) in [6.45, 7) is 12.8. The zero-order valence-electron chi connectivity index (χ0n) is 21.6. The Morgan fingerprint density at radius 3 is 2.31 bits per heavy atom. The molecule has 0 N–H and O–H groups in total. The minimum atomic E-state index is -1.08. The van der Waals surface area contributed by atoms with E-state index >= 15 is 0 Å². The molecule has 0 unspecified atom stereocenters. The van der Waals surface area contributed by atoms with Crippen molar-refractivity contribution in [3.8, 4) is 0 Å². The van der Waals surface area contributed by atoms with Crippen LogP contribution in [0.25, 0.3) is 0 Å². The molecule has 0 saturated carbocycles. The molecule has 5 aliphatic heterocycles. The van der Waals surface area contributed by atoms with Crippen LogP contribution >= 0.6 is 0 Å². The van der Waals surface area contributed by atoms with Crippen molar-refractivity contribution in [3.05, 3.63) is 12.3 Å². The van der Waals surface area contributed by atoms with Crippen molar-refractivity contribution in [3.63, 3.8) is 0 Å². The van der Waals surface area contributed by atoms with Gasteiger partial charge in [0.15, 0.2) is 30.1 Å². The third-order valence-corrected chi connectivity index (χ3v) is 6.47. The van der Waals surface area contributed by atoms with Crippen LogP contribution in [-0.2, 0) is 42.6 Å². The van der Waals surface area contributed by atoms with E-state index in [1.165, 1.54) is 6.26 Å². The fourth-order valence-electron chi connectivity index (χ4n) is 4.95. The third kappa shape index (κ3) is 4.94. The number of hydrogen-bond donors (Lipinski definition) is 0. The first kappa shape index (κ1) is 25.7. The van der Waals surface area contributed by atoms with Crippen LogP contribution in [0, 0.1) is 0 Å². The van der Waals surface area contributed by atoms with Gasteiger partial charge in [0.1, 0.15) is 36.1 Å². The molecule has 0 radical (unpaired) electrons. The Morgan fingerprint density at radius 2 is 1.64 bits per heavy atom. The van der Waals surface area contributed by atoms with Gasteiger partial charge in [0.25, 0.3) is 0 Å². The molecule has 5 rings (SSSR count). The number of hydrogen-bond acceptors (Lipinski definition) is 11. The van der Waals surface area contributed by atoms with Crippen LogP contribution < -0.4 is 0 Å². The Kier molecular flexibility index (Phi) is 6.29. The van der Waals surface area contributed by atoms with Crippen molar-refractivity contribution < 1.29 is 52.2 Å². The minimum absolute atomic E-state index is 0.192. The molecule has 36 heavy (non-hydrogen) atoms. The Labute approximate surface area is 210 Å². The molecule has 8 atom stereocenters. The van der Waals surface area contributed by atoms with E-state index in [0.717, 1.165) is 4.90 Å². The smallest absolute Gasteiger partial charge is 0.420 e. The van der Waals surface area contributed by atoms with Crippen LogP contribution in [0.1, 0.15) is 48.5 Å². The molecule has 5 aliphatic rings. The Morgan fingerprint density at radius 1 is 1.00 bits per heavy atom. The zero-order chi connectivity index (χ0) is 26.0. The van der Waals surface area contributed by atoms with E-state index in [1.807, 2.05) is 13.8 Å². The van der Waals surface area contributed by atoms with Gasteiger partial charge in [-0.3, -0.25) is 0 Å². The van der Waals surface area contributed by atoms with E-state index in [9.17, 15) is 9.59 Å².